The zero-order valence-electron chi connectivity index (χ0n) is 26.9. The average Bonchev–Trinajstić information content (AvgIpc) is 3.77. The maximum Gasteiger partial charge on any atom is 0.416 e. The van der Waals surface area contributed by atoms with Crippen molar-refractivity contribution in [2.45, 2.75) is 32.1 Å². The summed E-state index contributed by atoms with van der Waals surface area (Å²) in [6, 6.07) is 10.2. The molecule has 9 nitrogen and oxygen atoms in total. The summed E-state index contributed by atoms with van der Waals surface area (Å²) in [5, 5.41) is 9.89. The van der Waals surface area contributed by atoms with Crippen LogP contribution in [0.25, 0.3) is 5.65 Å². The minimum absolute atomic E-state index is 0.0855. The minimum atomic E-state index is -4.64. The summed E-state index contributed by atoms with van der Waals surface area (Å²) in [7, 11) is 5.73. The number of anilines is 3. The molecule has 3 aromatic heterocycles. The predicted octanol–water partition coefficient (Wildman–Crippen LogP) is 6.07. The third-order valence-corrected chi connectivity index (χ3v) is 8.45. The van der Waals surface area contributed by atoms with Gasteiger partial charge in [-0.1, -0.05) is 12.0 Å². The Morgan fingerprint density at radius 3 is 2.62 bits per heavy atom. The fraction of sp³-hybridized carbons (Fsp3) is 0.286. The van der Waals surface area contributed by atoms with Gasteiger partial charge in [-0.05, 0) is 80.9 Å². The third-order valence-electron chi connectivity index (χ3n) is 8.45. The molecule has 6 rings (SSSR count). The van der Waals surface area contributed by atoms with E-state index in [0.29, 0.717) is 35.6 Å². The van der Waals surface area contributed by atoms with E-state index in [9.17, 15) is 18.0 Å². The van der Waals surface area contributed by atoms with Crippen LogP contribution in [-0.4, -0.2) is 68.1 Å². The molecule has 0 radical (unpaired) electrons. The highest BCUT2D eigenvalue weighted by molar-refractivity contribution is 6.04. The molecule has 1 saturated heterocycles. The van der Waals surface area contributed by atoms with Crippen LogP contribution in [0.4, 0.5) is 34.6 Å². The minimum Gasteiger partial charge on any atom is -0.350 e. The molecule has 1 fully saturated rings. The molecule has 48 heavy (non-hydrogen) atoms. The Balaban J connectivity index is 1.22. The molecular formula is C35H34F4N8O. The van der Waals surface area contributed by atoms with E-state index in [1.165, 1.54) is 24.3 Å². The van der Waals surface area contributed by atoms with Gasteiger partial charge >= 0.3 is 6.18 Å². The summed E-state index contributed by atoms with van der Waals surface area (Å²) < 4.78 is 60.9. The standard InChI is InChI=1S/C35H34F4N8O/c1-22-14-31(36)29(15-23(22)8-10-27-18-40-33-32(6-5-12-47(27)33)42-26-17-41-45(4)20-26)34(48)43-25-9-7-24(30(16-25)35(37,38)39)19-46-13-11-28(21-46)44(2)3/h5-7,9,12,14-18,20,28,42H,11,13,19,21H2,1-4H3,(H,43,48). The summed E-state index contributed by atoms with van der Waals surface area (Å²) in [5.74, 6) is 4.35. The smallest absolute Gasteiger partial charge is 0.350 e. The number of hydrogen-bond donors (Lipinski definition) is 2. The summed E-state index contributed by atoms with van der Waals surface area (Å²) in [6.07, 6.45) is 3.18. The Labute approximate surface area is 275 Å². The van der Waals surface area contributed by atoms with Gasteiger partial charge in [-0.25, -0.2) is 9.37 Å². The highest BCUT2D eigenvalue weighted by atomic mass is 19.4. The van der Waals surface area contributed by atoms with Crippen molar-refractivity contribution in [1.29, 1.82) is 0 Å². The van der Waals surface area contributed by atoms with E-state index in [0.717, 1.165) is 23.9 Å². The Bertz CT molecular complexity index is 2050. The number of amides is 1. The van der Waals surface area contributed by atoms with Crippen molar-refractivity contribution in [3.63, 3.8) is 0 Å². The average molecular weight is 659 g/mol. The first-order chi connectivity index (χ1) is 22.9. The van der Waals surface area contributed by atoms with Gasteiger partial charge in [0.25, 0.3) is 5.91 Å². The molecule has 13 heteroatoms. The van der Waals surface area contributed by atoms with Crippen molar-refractivity contribution in [1.82, 2.24) is 29.0 Å². The van der Waals surface area contributed by atoms with Crippen LogP contribution >= 0.6 is 0 Å². The molecule has 0 saturated carbocycles. The van der Waals surface area contributed by atoms with E-state index in [-0.39, 0.29) is 29.4 Å². The van der Waals surface area contributed by atoms with Crippen molar-refractivity contribution in [3.05, 3.63) is 107 Å². The number of fused-ring (bicyclic) bond motifs is 1. The molecule has 4 heterocycles. The summed E-state index contributed by atoms with van der Waals surface area (Å²) in [4.78, 5) is 21.8. The fourth-order valence-electron chi connectivity index (χ4n) is 5.83. The number of aryl methyl sites for hydroxylation is 2. The number of nitrogens with zero attached hydrogens (tertiary/aromatic N) is 6. The quantitative estimate of drug-likeness (QED) is 0.163. The molecule has 248 valence electrons. The van der Waals surface area contributed by atoms with Crippen molar-refractivity contribution < 1.29 is 22.4 Å². The van der Waals surface area contributed by atoms with E-state index < -0.39 is 23.5 Å². The number of nitrogens with one attached hydrogen (secondary N) is 2. The van der Waals surface area contributed by atoms with Gasteiger partial charge in [0.05, 0.1) is 34.9 Å². The number of imidazole rings is 1. The Morgan fingerprint density at radius 1 is 1.10 bits per heavy atom. The maximum absolute atomic E-state index is 15.1. The number of aromatic nitrogens is 4. The number of pyridine rings is 1. The number of likely N-dealkylation sites (tertiary alicyclic amines) is 1. The lowest BCUT2D eigenvalue weighted by Gasteiger charge is -2.22. The lowest BCUT2D eigenvalue weighted by Crippen LogP contribution is -2.31. The van der Waals surface area contributed by atoms with E-state index in [4.69, 9.17) is 0 Å². The van der Waals surface area contributed by atoms with Crippen LogP contribution in [0.5, 0.6) is 0 Å². The maximum atomic E-state index is 15.1. The van der Waals surface area contributed by atoms with E-state index >= 15 is 4.39 Å². The third kappa shape index (κ3) is 7.05. The van der Waals surface area contributed by atoms with Crippen molar-refractivity contribution >= 4 is 28.6 Å². The lowest BCUT2D eigenvalue weighted by atomic mass is 10.0. The summed E-state index contributed by atoms with van der Waals surface area (Å²) in [5.41, 5.74) is 2.45. The molecule has 1 atom stereocenters. The number of rotatable bonds is 7. The van der Waals surface area contributed by atoms with Crippen LogP contribution in [0.1, 0.15) is 44.7 Å². The number of carbonyl (C=O) groups excluding carboxylic acids is 1. The van der Waals surface area contributed by atoms with Gasteiger partial charge in [-0.15, -0.1) is 0 Å². The molecule has 2 N–H and O–H groups in total. The van der Waals surface area contributed by atoms with Crippen LogP contribution in [-0.2, 0) is 19.8 Å². The van der Waals surface area contributed by atoms with Crippen molar-refractivity contribution in [2.75, 3.05) is 37.8 Å². The Hall–Kier alpha value is -5.19. The monoisotopic (exact) mass is 658 g/mol. The van der Waals surface area contributed by atoms with Crippen LogP contribution in [0.15, 0.2) is 67.3 Å². The molecule has 1 amide bonds. The highest BCUT2D eigenvalue weighted by Crippen LogP contribution is 2.35. The van der Waals surface area contributed by atoms with Crippen LogP contribution in [0.2, 0.25) is 0 Å². The first-order valence-electron chi connectivity index (χ1n) is 15.3. The number of halogens is 4. The number of alkyl halides is 3. The lowest BCUT2D eigenvalue weighted by molar-refractivity contribution is -0.138. The topological polar surface area (TPSA) is 82.7 Å². The molecule has 1 aliphatic rings. The predicted molar refractivity (Wildman–Crippen MR) is 176 cm³/mol. The van der Waals surface area contributed by atoms with Gasteiger partial charge in [0.1, 0.15) is 11.5 Å². The molecule has 0 aliphatic carbocycles. The van der Waals surface area contributed by atoms with E-state index in [1.807, 2.05) is 50.6 Å². The normalized spacial score (nSPS) is 15.1. The second kappa shape index (κ2) is 13.1. The van der Waals surface area contributed by atoms with Crippen LogP contribution in [0.3, 0.4) is 0 Å². The molecule has 1 unspecified atom stereocenters. The second-order valence-electron chi connectivity index (χ2n) is 12.1. The molecule has 1 aliphatic heterocycles. The summed E-state index contributed by atoms with van der Waals surface area (Å²) >= 11 is 0. The molecule has 0 spiro atoms. The summed E-state index contributed by atoms with van der Waals surface area (Å²) in [6.45, 7) is 3.16. The Kier molecular flexibility index (Phi) is 8.96. The SMILES string of the molecule is Cc1cc(F)c(C(=O)Nc2ccc(CN3CCC(N(C)C)C3)c(C(F)(F)F)c2)cc1C#Cc1cnc2c(Nc3cnn(C)c3)cccn12. The molecule has 2 aromatic carbocycles. The van der Waals surface area contributed by atoms with Crippen molar-refractivity contribution in [2.24, 2.45) is 7.05 Å². The van der Waals surface area contributed by atoms with Gasteiger partial charge < -0.3 is 15.5 Å². The molecular weight excluding hydrogens is 624 g/mol. The molecule has 5 aromatic rings. The van der Waals surface area contributed by atoms with Gasteiger partial charge in [0.2, 0.25) is 0 Å². The first kappa shape index (κ1) is 32.7. The zero-order valence-corrected chi connectivity index (χ0v) is 26.9. The second-order valence-corrected chi connectivity index (χ2v) is 12.1. The van der Waals surface area contributed by atoms with Gasteiger partial charge in [0.15, 0.2) is 5.65 Å². The van der Waals surface area contributed by atoms with Gasteiger partial charge in [-0.3, -0.25) is 18.8 Å². The van der Waals surface area contributed by atoms with Gasteiger partial charge in [-0.2, -0.15) is 18.3 Å². The first-order valence-corrected chi connectivity index (χ1v) is 15.3. The van der Waals surface area contributed by atoms with Gasteiger partial charge in [0, 0.05) is 56.4 Å². The number of benzene rings is 2. The zero-order chi connectivity index (χ0) is 34.2. The van der Waals surface area contributed by atoms with Crippen LogP contribution in [0, 0.1) is 24.6 Å². The molecule has 0 bridgehead atoms. The van der Waals surface area contributed by atoms with E-state index in [1.54, 1.807) is 28.4 Å². The number of hydrogen-bond acceptors (Lipinski definition) is 6. The fourth-order valence-corrected chi connectivity index (χ4v) is 5.83. The van der Waals surface area contributed by atoms with Crippen LogP contribution < -0.4 is 10.6 Å². The Morgan fingerprint density at radius 2 is 1.92 bits per heavy atom. The number of likely N-dealkylation sites (N-methyl/N-ethyl adjacent to an activating group) is 1. The van der Waals surface area contributed by atoms with E-state index in [2.05, 4.69) is 37.5 Å². The van der Waals surface area contributed by atoms with Crippen molar-refractivity contribution in [3.8, 4) is 11.8 Å². The number of carbonyl (C=O) groups is 1. The highest BCUT2D eigenvalue weighted by Gasteiger charge is 2.35. The largest absolute Gasteiger partial charge is 0.416 e.